The SMILES string of the molecule is CCCCCCCCCCCCCC=CCCCCCCCCCCc1ccc(C=O)[nH]1. The summed E-state index contributed by atoms with van der Waals surface area (Å²) < 4.78 is 0. The Balaban J connectivity index is 1.71. The molecule has 0 aliphatic carbocycles. The Morgan fingerprint density at radius 1 is 0.594 bits per heavy atom. The Labute approximate surface area is 200 Å². The molecule has 0 radical (unpaired) electrons. The zero-order valence-electron chi connectivity index (χ0n) is 21.4. The molecule has 0 atom stereocenters. The predicted octanol–water partition coefficient (Wildman–Crippen LogP) is 10.1. The van der Waals surface area contributed by atoms with Gasteiger partial charge in [-0.15, -0.1) is 0 Å². The second-order valence-corrected chi connectivity index (χ2v) is 9.72. The number of H-pyrrole nitrogens is 1. The first-order valence-electron chi connectivity index (χ1n) is 14.1. The molecule has 0 amide bonds. The summed E-state index contributed by atoms with van der Waals surface area (Å²) in [6.45, 7) is 2.29. The first-order chi connectivity index (χ1) is 15.9. The number of aromatic amines is 1. The Morgan fingerprint density at radius 2 is 1.03 bits per heavy atom. The highest BCUT2D eigenvalue weighted by atomic mass is 16.1. The number of unbranched alkanes of at least 4 members (excludes halogenated alkanes) is 19. The van der Waals surface area contributed by atoms with Gasteiger partial charge in [-0.25, -0.2) is 0 Å². The molecule has 1 heterocycles. The van der Waals surface area contributed by atoms with Crippen LogP contribution in [0.15, 0.2) is 24.3 Å². The lowest BCUT2D eigenvalue weighted by Crippen LogP contribution is -1.88. The van der Waals surface area contributed by atoms with Gasteiger partial charge in [0.1, 0.15) is 0 Å². The molecule has 184 valence electrons. The lowest BCUT2D eigenvalue weighted by atomic mass is 10.0. The van der Waals surface area contributed by atoms with Crippen molar-refractivity contribution in [2.45, 2.75) is 148 Å². The van der Waals surface area contributed by atoms with Crippen LogP contribution < -0.4 is 0 Å². The zero-order valence-corrected chi connectivity index (χ0v) is 21.4. The minimum absolute atomic E-state index is 0.698. The molecule has 0 saturated carbocycles. The first-order valence-corrected chi connectivity index (χ1v) is 14.1. The van der Waals surface area contributed by atoms with Crippen molar-refractivity contribution < 1.29 is 4.79 Å². The van der Waals surface area contributed by atoms with Crippen molar-refractivity contribution in [1.29, 1.82) is 0 Å². The monoisotopic (exact) mass is 443 g/mol. The van der Waals surface area contributed by atoms with Crippen molar-refractivity contribution in [3.63, 3.8) is 0 Å². The number of carbonyl (C=O) groups excluding carboxylic acids is 1. The lowest BCUT2D eigenvalue weighted by Gasteiger charge is -2.02. The molecule has 0 aromatic carbocycles. The number of hydrogen-bond donors (Lipinski definition) is 1. The average Bonchev–Trinajstić information content (AvgIpc) is 3.27. The number of aldehydes is 1. The predicted molar refractivity (Wildman–Crippen MR) is 142 cm³/mol. The molecule has 0 aliphatic rings. The van der Waals surface area contributed by atoms with Crippen LogP contribution in [0, 0.1) is 0 Å². The van der Waals surface area contributed by atoms with Crippen molar-refractivity contribution >= 4 is 6.29 Å². The van der Waals surface area contributed by atoms with Crippen molar-refractivity contribution in [2.75, 3.05) is 0 Å². The quantitative estimate of drug-likeness (QED) is 0.0961. The van der Waals surface area contributed by atoms with Crippen molar-refractivity contribution in [1.82, 2.24) is 4.98 Å². The van der Waals surface area contributed by atoms with Gasteiger partial charge in [0.25, 0.3) is 0 Å². The normalized spacial score (nSPS) is 11.5. The third-order valence-corrected chi connectivity index (χ3v) is 6.60. The number of aryl methyl sites for hydroxylation is 1. The van der Waals surface area contributed by atoms with Gasteiger partial charge in [0, 0.05) is 5.69 Å². The van der Waals surface area contributed by atoms with E-state index in [1.54, 1.807) is 0 Å². The van der Waals surface area contributed by atoms with Crippen molar-refractivity contribution in [3.8, 4) is 0 Å². The summed E-state index contributed by atoms with van der Waals surface area (Å²) in [6.07, 6.45) is 35.9. The molecule has 0 spiro atoms. The molecule has 1 aromatic heterocycles. The number of nitrogens with one attached hydrogen (secondary N) is 1. The van der Waals surface area contributed by atoms with E-state index in [9.17, 15) is 4.79 Å². The van der Waals surface area contributed by atoms with E-state index in [-0.39, 0.29) is 0 Å². The fourth-order valence-electron chi connectivity index (χ4n) is 4.47. The molecule has 0 saturated heterocycles. The molecule has 32 heavy (non-hydrogen) atoms. The van der Waals surface area contributed by atoms with Crippen molar-refractivity contribution in [3.05, 3.63) is 35.7 Å². The van der Waals surface area contributed by atoms with Gasteiger partial charge >= 0.3 is 0 Å². The smallest absolute Gasteiger partial charge is 0.166 e. The Kier molecular flexibility index (Phi) is 20.5. The van der Waals surface area contributed by atoms with E-state index in [0.29, 0.717) is 5.69 Å². The van der Waals surface area contributed by atoms with Gasteiger partial charge in [-0.3, -0.25) is 4.79 Å². The molecule has 2 heteroatoms. The maximum Gasteiger partial charge on any atom is 0.166 e. The van der Waals surface area contributed by atoms with E-state index in [1.165, 1.54) is 141 Å². The minimum atomic E-state index is 0.698. The summed E-state index contributed by atoms with van der Waals surface area (Å²) >= 11 is 0. The van der Waals surface area contributed by atoms with Gasteiger partial charge in [-0.1, -0.05) is 122 Å². The van der Waals surface area contributed by atoms with Crippen LogP contribution in [0.25, 0.3) is 0 Å². The Hall–Kier alpha value is -1.31. The number of hydrogen-bond acceptors (Lipinski definition) is 1. The molecular formula is C30H53NO. The van der Waals surface area contributed by atoms with Crippen LogP contribution >= 0.6 is 0 Å². The second-order valence-electron chi connectivity index (χ2n) is 9.72. The van der Waals surface area contributed by atoms with E-state index >= 15 is 0 Å². The Morgan fingerprint density at radius 3 is 1.47 bits per heavy atom. The summed E-state index contributed by atoms with van der Waals surface area (Å²) in [4.78, 5) is 13.8. The summed E-state index contributed by atoms with van der Waals surface area (Å²) in [7, 11) is 0. The summed E-state index contributed by atoms with van der Waals surface area (Å²) in [5.41, 5.74) is 1.90. The number of rotatable bonds is 24. The molecule has 0 unspecified atom stereocenters. The van der Waals surface area contributed by atoms with E-state index in [4.69, 9.17) is 0 Å². The van der Waals surface area contributed by atoms with E-state index in [1.807, 2.05) is 12.1 Å². The van der Waals surface area contributed by atoms with Crippen LogP contribution in [0.4, 0.5) is 0 Å². The van der Waals surface area contributed by atoms with Gasteiger partial charge in [-0.2, -0.15) is 0 Å². The lowest BCUT2D eigenvalue weighted by molar-refractivity contribution is 0.111. The van der Waals surface area contributed by atoms with Crippen LogP contribution in [0.2, 0.25) is 0 Å². The van der Waals surface area contributed by atoms with Crippen LogP contribution in [0.3, 0.4) is 0 Å². The standard InChI is InChI=1S/C30H53NO/c1-2-3-4-5-6-7-8-9-10-11-12-13-14-15-16-17-18-19-20-21-22-23-24-25-29-26-27-30(28-32)31-29/h14-15,26-28,31H,2-13,16-25H2,1H3. The van der Waals surface area contributed by atoms with Gasteiger partial charge in [0.15, 0.2) is 6.29 Å². The number of carbonyl (C=O) groups is 1. The summed E-state index contributed by atoms with van der Waals surface area (Å²) in [5, 5.41) is 0. The fourth-order valence-corrected chi connectivity index (χ4v) is 4.47. The topological polar surface area (TPSA) is 32.9 Å². The van der Waals surface area contributed by atoms with E-state index in [0.717, 1.165) is 12.7 Å². The van der Waals surface area contributed by atoms with Gasteiger partial charge in [0.2, 0.25) is 0 Å². The maximum atomic E-state index is 10.7. The molecule has 0 bridgehead atoms. The van der Waals surface area contributed by atoms with E-state index in [2.05, 4.69) is 24.1 Å². The molecule has 0 fully saturated rings. The van der Waals surface area contributed by atoms with Crippen molar-refractivity contribution in [2.24, 2.45) is 0 Å². The van der Waals surface area contributed by atoms with Crippen LogP contribution in [-0.2, 0) is 6.42 Å². The Bertz CT molecular complexity index is 545. The third-order valence-electron chi connectivity index (χ3n) is 6.60. The van der Waals surface area contributed by atoms with Gasteiger partial charge in [-0.05, 0) is 50.7 Å². The second kappa shape index (κ2) is 22.9. The van der Waals surface area contributed by atoms with Gasteiger partial charge in [0.05, 0.1) is 5.69 Å². The third kappa shape index (κ3) is 18.3. The van der Waals surface area contributed by atoms with Gasteiger partial charge < -0.3 is 4.98 Å². The highest BCUT2D eigenvalue weighted by molar-refractivity contribution is 5.71. The average molecular weight is 444 g/mol. The van der Waals surface area contributed by atoms with Crippen LogP contribution in [-0.4, -0.2) is 11.3 Å². The fraction of sp³-hybridized carbons (Fsp3) is 0.767. The summed E-state index contributed by atoms with van der Waals surface area (Å²) in [6, 6.07) is 3.91. The van der Waals surface area contributed by atoms with Crippen LogP contribution in [0.5, 0.6) is 0 Å². The molecule has 2 nitrogen and oxygen atoms in total. The molecular weight excluding hydrogens is 390 g/mol. The molecule has 1 aromatic rings. The largest absolute Gasteiger partial charge is 0.356 e. The minimum Gasteiger partial charge on any atom is -0.356 e. The molecule has 0 aliphatic heterocycles. The summed E-state index contributed by atoms with van der Waals surface area (Å²) in [5.74, 6) is 0. The first kappa shape index (κ1) is 28.7. The number of aromatic nitrogens is 1. The highest BCUT2D eigenvalue weighted by Crippen LogP contribution is 2.14. The number of allylic oxidation sites excluding steroid dienone is 2. The zero-order chi connectivity index (χ0) is 23.0. The highest BCUT2D eigenvalue weighted by Gasteiger charge is 1.98. The van der Waals surface area contributed by atoms with E-state index < -0.39 is 0 Å². The maximum absolute atomic E-state index is 10.7. The molecule has 1 rings (SSSR count). The van der Waals surface area contributed by atoms with Crippen LogP contribution in [0.1, 0.15) is 158 Å². The molecule has 1 N–H and O–H groups in total.